The fourth-order valence-corrected chi connectivity index (χ4v) is 13.4. The molecule has 0 aliphatic heterocycles. The highest BCUT2D eigenvalue weighted by molar-refractivity contribution is 6.35. The van der Waals surface area contributed by atoms with Crippen molar-refractivity contribution in [3.8, 4) is 22.6 Å². The van der Waals surface area contributed by atoms with Crippen LogP contribution in [0.1, 0.15) is 73.4 Å². The van der Waals surface area contributed by atoms with Gasteiger partial charge < -0.3 is 23.5 Å². The highest BCUT2D eigenvalue weighted by Gasteiger charge is 2.31. The lowest BCUT2D eigenvalue weighted by molar-refractivity contribution is 0.0953. The Bertz CT molecular complexity index is 4920. The minimum atomic E-state index is -0.321. The second kappa shape index (κ2) is 24.0. The fourth-order valence-electron chi connectivity index (χ4n) is 12.6. The fraction of sp³-hybridized carbons (Fsp3) is 0.183. The van der Waals surface area contributed by atoms with E-state index in [1.165, 1.54) is 0 Å². The summed E-state index contributed by atoms with van der Waals surface area (Å²) < 4.78 is 17.6. The number of azo groups is 2. The Morgan fingerprint density at radius 3 is 1.52 bits per heavy atom. The van der Waals surface area contributed by atoms with Crippen LogP contribution < -0.4 is 19.4 Å². The standard InChI is InChI=1S/C71H58Cl4N8O5/c1-7-80-58-31-23-43(72)35-51(58)49-27-21-40-33-42(39-88-83(10-4)61-20-16-14-18-57(61)75)69(86-11-5)64(62(40)66(49)80)78-76-45-25-29-47-48-30-26-46(38-54(48)68(84)53(47)37-45)77-79-65-63-41(22-28-50-52-36-44(73)24-32-59(52)81(8-2)67(50)63)34-55(70(65)87-12-6)71(85)82(9-3)60-19-15-13-17-56(60)74/h13-38H,7-12,39H2,1-6H3. The number of nitrogens with zero attached hydrogens (tertiary/aromatic N) is 8. The molecule has 440 valence electrons. The molecule has 1 aliphatic rings. The molecule has 0 radical (unpaired) electrons. The minimum absolute atomic E-state index is 0.132. The van der Waals surface area contributed by atoms with Gasteiger partial charge >= 0.3 is 0 Å². The van der Waals surface area contributed by atoms with Crippen molar-refractivity contribution in [2.45, 2.75) is 61.2 Å². The number of hydroxylamine groups is 1. The zero-order valence-corrected chi connectivity index (χ0v) is 52.1. The van der Waals surface area contributed by atoms with Crippen LogP contribution in [-0.4, -0.2) is 47.1 Å². The van der Waals surface area contributed by atoms with E-state index >= 15 is 4.79 Å². The van der Waals surface area contributed by atoms with Gasteiger partial charge in [-0.3, -0.25) is 19.5 Å². The van der Waals surface area contributed by atoms with Gasteiger partial charge in [0.1, 0.15) is 18.0 Å². The number of para-hydroxylation sites is 2. The van der Waals surface area contributed by atoms with Gasteiger partial charge in [-0.15, -0.1) is 10.2 Å². The summed E-state index contributed by atoms with van der Waals surface area (Å²) in [5, 5.41) is 31.2. The summed E-state index contributed by atoms with van der Waals surface area (Å²) in [5.41, 5.74) is 10.4. The second-order valence-electron chi connectivity index (χ2n) is 21.2. The Morgan fingerprint density at radius 2 is 1.01 bits per heavy atom. The number of fused-ring (bicyclic) bond motifs is 13. The summed E-state index contributed by atoms with van der Waals surface area (Å²) in [6.07, 6.45) is 0. The van der Waals surface area contributed by atoms with Crippen LogP contribution in [0.25, 0.3) is 76.3 Å². The second-order valence-corrected chi connectivity index (χ2v) is 22.9. The molecule has 12 aromatic rings. The molecule has 13 rings (SSSR count). The first-order valence-electron chi connectivity index (χ1n) is 29.4. The molecule has 88 heavy (non-hydrogen) atoms. The third-order valence-electron chi connectivity index (χ3n) is 16.4. The molecule has 0 unspecified atom stereocenters. The number of aryl methyl sites for hydroxylation is 2. The van der Waals surface area contributed by atoms with E-state index in [-0.39, 0.29) is 30.7 Å². The molecule has 2 aromatic heterocycles. The van der Waals surface area contributed by atoms with Crippen LogP contribution in [0.3, 0.4) is 0 Å². The number of rotatable bonds is 18. The number of hydrogen-bond acceptors (Lipinski definition) is 10. The monoisotopic (exact) mass is 1240 g/mol. The summed E-state index contributed by atoms with van der Waals surface area (Å²) in [6, 6.07) is 49.9. The summed E-state index contributed by atoms with van der Waals surface area (Å²) in [7, 11) is 0. The van der Waals surface area contributed by atoms with Gasteiger partial charge in [0.05, 0.1) is 62.6 Å². The molecule has 0 saturated carbocycles. The van der Waals surface area contributed by atoms with Crippen molar-refractivity contribution in [2.75, 3.05) is 36.3 Å². The first kappa shape index (κ1) is 58.2. The normalized spacial score (nSPS) is 12.3. The number of carbonyl (C=O) groups excluding carboxylic acids is 2. The van der Waals surface area contributed by atoms with Crippen LogP contribution in [0.15, 0.2) is 178 Å². The number of carbonyl (C=O) groups is 2. The van der Waals surface area contributed by atoms with Crippen molar-refractivity contribution in [1.29, 1.82) is 0 Å². The SMILES string of the molecule is CCOc1c(CON(CC)c2ccccc2Cl)cc2ccc3c4cc(Cl)ccc4n(CC)c3c2c1N=Nc1ccc2c(c1)C(=O)c1cc(N=Nc3c(OCC)c(C(=O)N(CC)c4ccccc4Cl)cc4ccc5c6cc(Cl)ccc6n(CC)c5c34)ccc1-2. The van der Waals surface area contributed by atoms with Gasteiger partial charge in [0.2, 0.25) is 0 Å². The van der Waals surface area contributed by atoms with E-state index < -0.39 is 0 Å². The lowest BCUT2D eigenvalue weighted by atomic mass is 9.99. The minimum Gasteiger partial charge on any atom is -0.491 e. The Hall–Kier alpha value is -8.82. The molecule has 1 aliphatic carbocycles. The van der Waals surface area contributed by atoms with Crippen molar-refractivity contribution in [3.63, 3.8) is 0 Å². The third kappa shape index (κ3) is 9.95. The number of ether oxygens (including phenoxy) is 2. The smallest absolute Gasteiger partial charge is 0.262 e. The Labute approximate surface area is 527 Å². The third-order valence-corrected chi connectivity index (χ3v) is 17.5. The molecule has 0 spiro atoms. The molecule has 13 nitrogen and oxygen atoms in total. The lowest BCUT2D eigenvalue weighted by Crippen LogP contribution is -2.31. The first-order valence-corrected chi connectivity index (χ1v) is 30.9. The highest BCUT2D eigenvalue weighted by atomic mass is 35.5. The number of ketones is 1. The molecule has 0 saturated heterocycles. The summed E-state index contributed by atoms with van der Waals surface area (Å²) >= 11 is 26.7. The van der Waals surface area contributed by atoms with Crippen molar-refractivity contribution >= 4 is 157 Å². The number of aromatic nitrogens is 2. The zero-order valence-electron chi connectivity index (χ0n) is 49.1. The lowest BCUT2D eigenvalue weighted by Gasteiger charge is -2.24. The van der Waals surface area contributed by atoms with Gasteiger partial charge in [-0.25, -0.2) is 0 Å². The number of anilines is 2. The quantitative estimate of drug-likeness (QED) is 0.0622. The van der Waals surface area contributed by atoms with Crippen molar-refractivity contribution in [1.82, 2.24) is 9.13 Å². The Kier molecular flexibility index (Phi) is 15.9. The largest absolute Gasteiger partial charge is 0.491 e. The number of hydrogen-bond donors (Lipinski definition) is 0. The topological polar surface area (TPSA) is 128 Å². The van der Waals surface area contributed by atoms with E-state index in [4.69, 9.17) is 81.2 Å². The van der Waals surface area contributed by atoms with Crippen molar-refractivity contribution in [3.05, 3.63) is 200 Å². The van der Waals surface area contributed by atoms with E-state index in [0.717, 1.165) is 87.5 Å². The summed E-state index contributed by atoms with van der Waals surface area (Å²) in [4.78, 5) is 38.0. The van der Waals surface area contributed by atoms with Crippen molar-refractivity contribution in [2.24, 2.45) is 20.5 Å². The van der Waals surface area contributed by atoms with Gasteiger partial charge in [0.25, 0.3) is 5.91 Å². The molecule has 0 N–H and O–H groups in total. The number of halogens is 4. The molecular weight excluding hydrogens is 1190 g/mol. The van der Waals surface area contributed by atoms with Gasteiger partial charge in [-0.2, -0.15) is 10.2 Å². The maximum Gasteiger partial charge on any atom is 0.262 e. The van der Waals surface area contributed by atoms with Gasteiger partial charge in [-0.1, -0.05) is 107 Å². The summed E-state index contributed by atoms with van der Waals surface area (Å²) in [6.45, 7) is 14.8. The predicted molar refractivity (Wildman–Crippen MR) is 359 cm³/mol. The van der Waals surface area contributed by atoms with Gasteiger partial charge in [-0.05, 0) is 161 Å². The van der Waals surface area contributed by atoms with Gasteiger partial charge in [0.15, 0.2) is 17.3 Å². The van der Waals surface area contributed by atoms with Crippen LogP contribution in [0.4, 0.5) is 34.1 Å². The molecule has 2 heterocycles. The molecule has 0 atom stereocenters. The number of amides is 1. The van der Waals surface area contributed by atoms with E-state index in [1.54, 1.807) is 28.2 Å². The van der Waals surface area contributed by atoms with E-state index in [1.807, 2.05) is 143 Å². The average Bonchev–Trinajstić information content (AvgIpc) is 1.86. The number of benzene rings is 10. The van der Waals surface area contributed by atoms with Crippen molar-refractivity contribution < 1.29 is 23.9 Å². The predicted octanol–water partition coefficient (Wildman–Crippen LogP) is 21.3. The molecule has 0 fully saturated rings. The molecule has 10 aromatic carbocycles. The molecule has 17 heteroatoms. The molecule has 0 bridgehead atoms. The average molecular weight is 1250 g/mol. The molecular formula is C71H58Cl4N8O5. The zero-order chi connectivity index (χ0) is 61.1. The first-order chi connectivity index (χ1) is 42.9. The van der Waals surface area contributed by atoms with Crippen LogP contribution in [0, 0.1) is 0 Å². The van der Waals surface area contributed by atoms with Crippen LogP contribution in [0.5, 0.6) is 11.5 Å². The Balaban J connectivity index is 0.907. The molecule has 1 amide bonds. The van der Waals surface area contributed by atoms with Crippen LogP contribution in [0.2, 0.25) is 20.1 Å². The van der Waals surface area contributed by atoms with Gasteiger partial charge in [0, 0.05) is 96.3 Å². The maximum atomic E-state index is 15.0. The van der Waals surface area contributed by atoms with E-state index in [2.05, 4.69) is 47.2 Å². The van der Waals surface area contributed by atoms with Crippen LogP contribution in [-0.2, 0) is 24.5 Å². The Morgan fingerprint density at radius 1 is 0.500 bits per heavy atom. The van der Waals surface area contributed by atoms with E-state index in [0.29, 0.717) is 104 Å². The highest BCUT2D eigenvalue weighted by Crippen LogP contribution is 2.50. The maximum absolute atomic E-state index is 15.0. The van der Waals surface area contributed by atoms with Crippen LogP contribution >= 0.6 is 46.4 Å². The summed E-state index contributed by atoms with van der Waals surface area (Å²) in [5.74, 6) is 0.254. The van der Waals surface area contributed by atoms with E-state index in [9.17, 15) is 4.79 Å².